The van der Waals surface area contributed by atoms with E-state index in [1.54, 1.807) is 30.8 Å². The molecule has 2 heterocycles. The van der Waals surface area contributed by atoms with E-state index in [2.05, 4.69) is 25.8 Å². The molecule has 8 heteroatoms. The Bertz CT molecular complexity index is 999. The number of carbonyl (C=O) groups excluding carboxylic acids is 1. The van der Waals surface area contributed by atoms with Gasteiger partial charge in [0.2, 0.25) is 0 Å². The Labute approximate surface area is 199 Å². The molecule has 3 rings (SSSR count). The van der Waals surface area contributed by atoms with Gasteiger partial charge in [-0.25, -0.2) is 9.78 Å². The van der Waals surface area contributed by atoms with Crippen molar-refractivity contribution >= 4 is 23.2 Å². The molecular weight excluding hydrogens is 440 g/mol. The van der Waals surface area contributed by atoms with E-state index in [-0.39, 0.29) is 30.8 Å². The van der Waals surface area contributed by atoms with Gasteiger partial charge in [-0.3, -0.25) is 4.79 Å². The summed E-state index contributed by atoms with van der Waals surface area (Å²) >= 11 is 1.37. The van der Waals surface area contributed by atoms with Crippen LogP contribution in [-0.4, -0.2) is 51.2 Å². The molecule has 0 spiro atoms. The average Bonchev–Trinajstić information content (AvgIpc) is 3.37. The highest BCUT2D eigenvalue weighted by Gasteiger charge is 2.59. The number of aromatic nitrogens is 1. The van der Waals surface area contributed by atoms with E-state index in [4.69, 9.17) is 4.74 Å². The number of carboxylic acid groups (broad SMARTS) is 1. The van der Waals surface area contributed by atoms with Crippen molar-refractivity contribution in [2.45, 2.75) is 64.5 Å². The second-order valence-corrected chi connectivity index (χ2v) is 11.2. The van der Waals surface area contributed by atoms with E-state index in [0.29, 0.717) is 16.3 Å². The summed E-state index contributed by atoms with van der Waals surface area (Å²) in [4.78, 5) is 32.7. The first kappa shape index (κ1) is 25.2. The lowest BCUT2D eigenvalue weighted by Crippen LogP contribution is -2.54. The van der Waals surface area contributed by atoms with Gasteiger partial charge in [-0.05, 0) is 41.9 Å². The lowest BCUT2D eigenvalue weighted by molar-refractivity contribution is -0.150. The Morgan fingerprint density at radius 1 is 1.33 bits per heavy atom. The highest BCUT2D eigenvalue weighted by molar-refractivity contribution is 7.09. The van der Waals surface area contributed by atoms with Crippen molar-refractivity contribution in [3.8, 4) is 5.75 Å². The van der Waals surface area contributed by atoms with Crippen LogP contribution in [0.15, 0.2) is 29.8 Å². The number of carbonyl (C=O) groups is 2. The molecule has 7 nitrogen and oxygen atoms in total. The number of hydrogen-bond donors (Lipinski definition) is 2. The fourth-order valence-electron chi connectivity index (χ4n) is 5.02. The van der Waals surface area contributed by atoms with Gasteiger partial charge in [0.05, 0.1) is 13.2 Å². The normalized spacial score (nSPS) is 23.2. The van der Waals surface area contributed by atoms with Gasteiger partial charge in [-0.15, -0.1) is 11.3 Å². The van der Waals surface area contributed by atoms with Crippen LogP contribution in [0.5, 0.6) is 5.75 Å². The molecule has 1 unspecified atom stereocenters. The second kappa shape index (κ2) is 9.43. The molecule has 0 radical (unpaired) electrons. The maximum Gasteiger partial charge on any atom is 0.329 e. The Morgan fingerprint density at radius 3 is 2.52 bits per heavy atom. The summed E-state index contributed by atoms with van der Waals surface area (Å²) in [6.45, 7) is 9.85. The van der Waals surface area contributed by atoms with Gasteiger partial charge in [-0.1, -0.05) is 40.7 Å². The van der Waals surface area contributed by atoms with E-state index < -0.39 is 29.4 Å². The number of likely N-dealkylation sites (tertiary alicyclic amines) is 1. The number of carboxylic acids is 1. The third-order valence-corrected chi connectivity index (χ3v) is 7.19. The van der Waals surface area contributed by atoms with Crippen molar-refractivity contribution in [3.05, 3.63) is 45.9 Å². The van der Waals surface area contributed by atoms with Gasteiger partial charge in [0, 0.05) is 29.7 Å². The minimum atomic E-state index is -1.44. The lowest BCUT2D eigenvalue weighted by Gasteiger charge is -2.39. The number of rotatable bonds is 7. The molecule has 1 aliphatic rings. The highest BCUT2D eigenvalue weighted by Crippen LogP contribution is 2.50. The zero-order valence-corrected chi connectivity index (χ0v) is 21.0. The summed E-state index contributed by atoms with van der Waals surface area (Å²) in [5.41, 5.74) is -0.312. The van der Waals surface area contributed by atoms with Crippen LogP contribution in [0, 0.1) is 11.8 Å². The molecule has 2 aromatic rings. The Kier molecular flexibility index (Phi) is 7.19. The number of aliphatic carboxylic acids is 1. The average molecular weight is 475 g/mol. The van der Waals surface area contributed by atoms with Crippen LogP contribution in [-0.2, 0) is 10.2 Å². The number of methoxy groups -OCH3 is 1. The van der Waals surface area contributed by atoms with Crippen LogP contribution >= 0.6 is 11.3 Å². The standard InChI is InChI=1S/C25H34N2O5S/c1-15(2)12-25(23(30)31)13-17(14-28)20(21-26-9-10-33-21)27(25)22(29)16-7-8-18(24(3,4)5)19(11-16)32-6/h7-11,15,17,20,28H,12-14H2,1-6H3,(H,30,31)/t17-,20?,25-/m0/s1. The number of nitrogens with zero attached hydrogens (tertiary/aromatic N) is 2. The van der Waals surface area contributed by atoms with E-state index in [0.717, 1.165) is 5.56 Å². The third-order valence-electron chi connectivity index (χ3n) is 6.34. The predicted octanol–water partition coefficient (Wildman–Crippen LogP) is 4.51. The molecule has 0 aliphatic carbocycles. The first-order valence-electron chi connectivity index (χ1n) is 11.2. The summed E-state index contributed by atoms with van der Waals surface area (Å²) in [5.74, 6) is -1.26. The van der Waals surface area contributed by atoms with Crippen LogP contribution in [0.3, 0.4) is 0 Å². The van der Waals surface area contributed by atoms with Crippen molar-refractivity contribution in [2.24, 2.45) is 11.8 Å². The molecule has 1 amide bonds. The van der Waals surface area contributed by atoms with E-state index >= 15 is 0 Å². The fraction of sp³-hybridized carbons (Fsp3) is 0.560. The smallest absolute Gasteiger partial charge is 0.329 e. The monoisotopic (exact) mass is 474 g/mol. The van der Waals surface area contributed by atoms with E-state index in [1.807, 2.05) is 19.9 Å². The number of ether oxygens (including phenoxy) is 1. The number of amides is 1. The number of aliphatic hydroxyl groups excluding tert-OH is 1. The zero-order valence-electron chi connectivity index (χ0n) is 20.2. The van der Waals surface area contributed by atoms with Crippen LogP contribution in [0.4, 0.5) is 0 Å². The van der Waals surface area contributed by atoms with Gasteiger partial charge < -0.3 is 19.8 Å². The van der Waals surface area contributed by atoms with Crippen molar-refractivity contribution in [1.82, 2.24) is 9.88 Å². The summed E-state index contributed by atoms with van der Waals surface area (Å²) in [7, 11) is 1.56. The van der Waals surface area contributed by atoms with E-state index in [9.17, 15) is 19.8 Å². The summed E-state index contributed by atoms with van der Waals surface area (Å²) < 4.78 is 5.59. The Hall–Kier alpha value is -2.45. The van der Waals surface area contributed by atoms with Crippen LogP contribution in [0.1, 0.15) is 74.4 Å². The topological polar surface area (TPSA) is 100.0 Å². The number of thiazole rings is 1. The minimum absolute atomic E-state index is 0.0311. The molecule has 2 N–H and O–H groups in total. The van der Waals surface area contributed by atoms with Crippen molar-refractivity contribution in [3.63, 3.8) is 0 Å². The minimum Gasteiger partial charge on any atom is -0.496 e. The van der Waals surface area contributed by atoms with Crippen molar-refractivity contribution in [2.75, 3.05) is 13.7 Å². The summed E-state index contributed by atoms with van der Waals surface area (Å²) in [5, 5.41) is 23.1. The second-order valence-electron chi connectivity index (χ2n) is 10.2. The van der Waals surface area contributed by atoms with Gasteiger partial charge in [0.1, 0.15) is 16.3 Å². The lowest BCUT2D eigenvalue weighted by atomic mass is 9.83. The summed E-state index contributed by atoms with van der Waals surface area (Å²) in [6.07, 6.45) is 2.09. The van der Waals surface area contributed by atoms with E-state index in [1.165, 1.54) is 16.2 Å². The molecule has 1 aliphatic heterocycles. The molecule has 3 atom stereocenters. The number of benzene rings is 1. The molecule has 33 heavy (non-hydrogen) atoms. The molecule has 0 bridgehead atoms. The van der Waals surface area contributed by atoms with Gasteiger partial charge in [-0.2, -0.15) is 0 Å². The quantitative estimate of drug-likeness (QED) is 0.612. The maximum absolute atomic E-state index is 14.0. The third kappa shape index (κ3) is 4.64. The van der Waals surface area contributed by atoms with Crippen LogP contribution in [0.25, 0.3) is 0 Å². The molecule has 1 aromatic carbocycles. The first-order chi connectivity index (χ1) is 15.5. The van der Waals surface area contributed by atoms with Gasteiger partial charge in [0.15, 0.2) is 0 Å². The van der Waals surface area contributed by atoms with Crippen molar-refractivity contribution in [1.29, 1.82) is 0 Å². The Balaban J connectivity index is 2.19. The predicted molar refractivity (Wildman–Crippen MR) is 128 cm³/mol. The molecule has 0 saturated carbocycles. The molecule has 1 saturated heterocycles. The largest absolute Gasteiger partial charge is 0.496 e. The zero-order chi connectivity index (χ0) is 24.6. The first-order valence-corrected chi connectivity index (χ1v) is 12.1. The van der Waals surface area contributed by atoms with Gasteiger partial charge in [0.25, 0.3) is 5.91 Å². The number of aliphatic hydroxyl groups is 1. The van der Waals surface area contributed by atoms with Crippen LogP contribution in [0.2, 0.25) is 0 Å². The highest BCUT2D eigenvalue weighted by atomic mass is 32.1. The van der Waals surface area contributed by atoms with Gasteiger partial charge >= 0.3 is 5.97 Å². The molecule has 180 valence electrons. The SMILES string of the molecule is COc1cc(C(=O)N2C(c3nccs3)[C@H](CO)C[C@@]2(CC(C)C)C(=O)O)ccc1C(C)(C)C. The fourth-order valence-corrected chi connectivity index (χ4v) is 5.84. The number of hydrogen-bond acceptors (Lipinski definition) is 6. The van der Waals surface area contributed by atoms with Crippen molar-refractivity contribution < 1.29 is 24.5 Å². The Morgan fingerprint density at radius 2 is 2.03 bits per heavy atom. The molecule has 1 fully saturated rings. The van der Waals surface area contributed by atoms with Crippen LogP contribution < -0.4 is 4.74 Å². The summed E-state index contributed by atoms with van der Waals surface area (Å²) in [6, 6.07) is 4.68. The molecule has 1 aromatic heterocycles. The molecular formula is C25H34N2O5S. The maximum atomic E-state index is 14.0.